The van der Waals surface area contributed by atoms with Crippen LogP contribution in [0.2, 0.25) is 0 Å². The van der Waals surface area contributed by atoms with E-state index in [0.29, 0.717) is 18.7 Å². The highest BCUT2D eigenvalue weighted by atomic mass is 16.5. The fourth-order valence-corrected chi connectivity index (χ4v) is 2.43. The smallest absolute Gasteiger partial charge is 0.251 e. The molecule has 2 heterocycles. The minimum atomic E-state index is -0.0772. The third kappa shape index (κ3) is 3.37. The van der Waals surface area contributed by atoms with Crippen LogP contribution in [-0.2, 0) is 4.74 Å². The number of benzene rings is 1. The van der Waals surface area contributed by atoms with Gasteiger partial charge < -0.3 is 15.4 Å². The first-order chi connectivity index (χ1) is 10.2. The fourth-order valence-electron chi connectivity index (χ4n) is 2.43. The second-order valence-electron chi connectivity index (χ2n) is 5.27. The summed E-state index contributed by atoms with van der Waals surface area (Å²) in [5.41, 5.74) is 2.53. The molecule has 21 heavy (non-hydrogen) atoms. The summed E-state index contributed by atoms with van der Waals surface area (Å²) in [6, 6.07) is 9.51. The Labute approximate surface area is 123 Å². The van der Waals surface area contributed by atoms with E-state index in [9.17, 15) is 4.79 Å². The lowest BCUT2D eigenvalue weighted by Gasteiger charge is -2.23. The van der Waals surface area contributed by atoms with Gasteiger partial charge in [-0.1, -0.05) is 6.07 Å². The number of nitrogens with zero attached hydrogens (tertiary/aromatic N) is 1. The van der Waals surface area contributed by atoms with Crippen LogP contribution in [0.15, 0.2) is 30.3 Å². The van der Waals surface area contributed by atoms with E-state index in [1.165, 1.54) is 0 Å². The van der Waals surface area contributed by atoms with Crippen molar-refractivity contribution in [3.05, 3.63) is 41.6 Å². The Morgan fingerprint density at radius 3 is 3.14 bits per heavy atom. The monoisotopic (exact) mass is 285 g/mol. The molecule has 2 N–H and O–H groups in total. The van der Waals surface area contributed by atoms with Crippen molar-refractivity contribution in [2.75, 3.05) is 26.2 Å². The molecule has 0 aliphatic carbocycles. The zero-order chi connectivity index (χ0) is 14.7. The first-order valence-corrected chi connectivity index (χ1v) is 7.20. The van der Waals surface area contributed by atoms with Crippen LogP contribution in [0.1, 0.15) is 16.1 Å². The number of nitrogens with one attached hydrogen (secondary N) is 2. The Hall–Kier alpha value is -1.98. The summed E-state index contributed by atoms with van der Waals surface area (Å²) in [7, 11) is 0. The van der Waals surface area contributed by atoms with E-state index < -0.39 is 0 Å². The van der Waals surface area contributed by atoms with Crippen molar-refractivity contribution in [3.63, 3.8) is 0 Å². The number of morpholine rings is 1. The number of carbonyl (C=O) groups is 1. The molecule has 3 rings (SSSR count). The number of aryl methyl sites for hydroxylation is 1. The van der Waals surface area contributed by atoms with Gasteiger partial charge in [-0.3, -0.25) is 9.78 Å². The maximum Gasteiger partial charge on any atom is 0.251 e. The molecule has 0 spiro atoms. The Kier molecular flexibility index (Phi) is 4.13. The lowest BCUT2D eigenvalue weighted by atomic mass is 10.1. The number of ether oxygens (including phenoxy) is 1. The minimum absolute atomic E-state index is 0.0486. The van der Waals surface area contributed by atoms with Crippen molar-refractivity contribution in [3.8, 4) is 0 Å². The molecule has 0 bridgehead atoms. The van der Waals surface area contributed by atoms with Gasteiger partial charge >= 0.3 is 0 Å². The number of pyridine rings is 1. The predicted molar refractivity (Wildman–Crippen MR) is 81.4 cm³/mol. The average Bonchev–Trinajstić information content (AvgIpc) is 2.53. The van der Waals surface area contributed by atoms with Crippen LogP contribution in [-0.4, -0.2) is 43.2 Å². The quantitative estimate of drug-likeness (QED) is 0.891. The van der Waals surface area contributed by atoms with Gasteiger partial charge in [0, 0.05) is 36.3 Å². The van der Waals surface area contributed by atoms with Crippen molar-refractivity contribution >= 4 is 16.8 Å². The van der Waals surface area contributed by atoms with Gasteiger partial charge in [0.2, 0.25) is 0 Å². The topological polar surface area (TPSA) is 63.2 Å². The van der Waals surface area contributed by atoms with Crippen LogP contribution < -0.4 is 10.6 Å². The largest absolute Gasteiger partial charge is 0.374 e. The van der Waals surface area contributed by atoms with Crippen LogP contribution in [0.25, 0.3) is 10.9 Å². The van der Waals surface area contributed by atoms with E-state index in [4.69, 9.17) is 4.74 Å². The molecule has 1 aliphatic heterocycles. The third-order valence-corrected chi connectivity index (χ3v) is 3.59. The predicted octanol–water partition coefficient (Wildman–Crippen LogP) is 1.26. The molecule has 0 saturated carbocycles. The van der Waals surface area contributed by atoms with Crippen molar-refractivity contribution in [1.29, 1.82) is 0 Å². The summed E-state index contributed by atoms with van der Waals surface area (Å²) < 4.78 is 5.56. The molecule has 1 aliphatic rings. The maximum absolute atomic E-state index is 12.2. The highest BCUT2D eigenvalue weighted by Gasteiger charge is 2.15. The van der Waals surface area contributed by atoms with Crippen LogP contribution in [0.3, 0.4) is 0 Å². The molecular formula is C16H19N3O2. The first kappa shape index (κ1) is 14.0. The Bertz CT molecular complexity index is 651. The van der Waals surface area contributed by atoms with Crippen LogP contribution in [0.5, 0.6) is 0 Å². The number of hydrogen-bond acceptors (Lipinski definition) is 4. The van der Waals surface area contributed by atoms with Crippen LogP contribution in [0, 0.1) is 6.92 Å². The van der Waals surface area contributed by atoms with Gasteiger partial charge in [-0.25, -0.2) is 0 Å². The second kappa shape index (κ2) is 6.20. The molecule has 5 heteroatoms. The summed E-state index contributed by atoms with van der Waals surface area (Å²) in [6.07, 6.45) is 0.0486. The number of hydrogen-bond donors (Lipinski definition) is 2. The van der Waals surface area contributed by atoms with Crippen LogP contribution in [0.4, 0.5) is 0 Å². The molecule has 2 aromatic rings. The standard InChI is InChI=1S/C16H19N3O2/c1-11-2-3-12-8-13(4-5-15(12)19-11)16(20)18-10-14-9-17-6-7-21-14/h2-5,8,14,17H,6-7,9-10H2,1H3,(H,18,20). The molecule has 110 valence electrons. The first-order valence-electron chi connectivity index (χ1n) is 7.20. The normalized spacial score (nSPS) is 18.6. The number of aromatic nitrogens is 1. The van der Waals surface area contributed by atoms with Gasteiger partial charge in [0.15, 0.2) is 0 Å². The van der Waals surface area contributed by atoms with Gasteiger partial charge in [0.1, 0.15) is 0 Å². The lowest BCUT2D eigenvalue weighted by Crippen LogP contribution is -2.45. The van der Waals surface area contributed by atoms with E-state index in [-0.39, 0.29) is 12.0 Å². The minimum Gasteiger partial charge on any atom is -0.374 e. The molecular weight excluding hydrogens is 266 g/mol. The second-order valence-corrected chi connectivity index (χ2v) is 5.27. The average molecular weight is 285 g/mol. The molecule has 0 radical (unpaired) electrons. The van der Waals surface area contributed by atoms with E-state index >= 15 is 0 Å². The number of fused-ring (bicyclic) bond motifs is 1. The molecule has 1 saturated heterocycles. The molecule has 1 aromatic heterocycles. The SMILES string of the molecule is Cc1ccc2cc(C(=O)NCC3CNCCO3)ccc2n1. The Morgan fingerprint density at radius 1 is 1.43 bits per heavy atom. The summed E-state index contributed by atoms with van der Waals surface area (Å²) >= 11 is 0. The van der Waals surface area contributed by atoms with Crippen molar-refractivity contribution in [2.45, 2.75) is 13.0 Å². The molecule has 1 amide bonds. The summed E-state index contributed by atoms with van der Waals surface area (Å²) in [6.45, 7) is 4.83. The van der Waals surface area contributed by atoms with E-state index in [1.54, 1.807) is 0 Å². The van der Waals surface area contributed by atoms with Gasteiger partial charge in [0.05, 0.1) is 18.2 Å². The van der Waals surface area contributed by atoms with Crippen molar-refractivity contribution in [2.24, 2.45) is 0 Å². The summed E-state index contributed by atoms with van der Waals surface area (Å²) in [5.74, 6) is -0.0772. The van der Waals surface area contributed by atoms with E-state index in [2.05, 4.69) is 15.6 Å². The Morgan fingerprint density at radius 2 is 2.33 bits per heavy atom. The zero-order valence-corrected chi connectivity index (χ0v) is 12.1. The molecule has 1 aromatic carbocycles. The van der Waals surface area contributed by atoms with Gasteiger partial charge in [0.25, 0.3) is 5.91 Å². The van der Waals surface area contributed by atoms with E-state index in [1.807, 2.05) is 37.3 Å². The number of carbonyl (C=O) groups excluding carboxylic acids is 1. The molecule has 1 atom stereocenters. The van der Waals surface area contributed by atoms with Crippen LogP contribution >= 0.6 is 0 Å². The zero-order valence-electron chi connectivity index (χ0n) is 12.1. The highest BCUT2D eigenvalue weighted by molar-refractivity contribution is 5.97. The summed E-state index contributed by atoms with van der Waals surface area (Å²) in [5, 5.41) is 7.14. The van der Waals surface area contributed by atoms with Gasteiger partial charge in [-0.15, -0.1) is 0 Å². The maximum atomic E-state index is 12.2. The van der Waals surface area contributed by atoms with Crippen molar-refractivity contribution in [1.82, 2.24) is 15.6 Å². The van der Waals surface area contributed by atoms with Crippen molar-refractivity contribution < 1.29 is 9.53 Å². The van der Waals surface area contributed by atoms with Gasteiger partial charge in [-0.05, 0) is 31.2 Å². The molecule has 5 nitrogen and oxygen atoms in total. The third-order valence-electron chi connectivity index (χ3n) is 3.59. The Balaban J connectivity index is 1.67. The lowest BCUT2D eigenvalue weighted by molar-refractivity contribution is 0.0287. The number of rotatable bonds is 3. The van der Waals surface area contributed by atoms with E-state index in [0.717, 1.165) is 29.7 Å². The molecule has 1 unspecified atom stereocenters. The van der Waals surface area contributed by atoms with Gasteiger partial charge in [-0.2, -0.15) is 0 Å². The number of amides is 1. The highest BCUT2D eigenvalue weighted by Crippen LogP contribution is 2.14. The summed E-state index contributed by atoms with van der Waals surface area (Å²) in [4.78, 5) is 16.6. The fraction of sp³-hybridized carbons (Fsp3) is 0.375. The molecule has 1 fully saturated rings.